The van der Waals surface area contributed by atoms with Crippen molar-refractivity contribution in [3.8, 4) is 0 Å². The van der Waals surface area contributed by atoms with Crippen LogP contribution in [0.1, 0.15) is 22.7 Å². The molecule has 0 bridgehead atoms. The van der Waals surface area contributed by atoms with Gasteiger partial charge in [0.1, 0.15) is 6.04 Å². The molecule has 0 aromatic heterocycles. The summed E-state index contributed by atoms with van der Waals surface area (Å²) in [5, 5.41) is 0.696. The number of amidine groups is 1. The average molecular weight is 331 g/mol. The van der Waals surface area contributed by atoms with E-state index in [9.17, 15) is 0 Å². The van der Waals surface area contributed by atoms with Gasteiger partial charge in [-0.3, -0.25) is 4.99 Å². The number of hydrogen-bond acceptors (Lipinski definition) is 2. The molecule has 0 saturated heterocycles. The number of halogens is 1. The summed E-state index contributed by atoms with van der Waals surface area (Å²) < 4.78 is 0. The smallest absolute Gasteiger partial charge is 0.155 e. The maximum Gasteiger partial charge on any atom is 0.155 e. The van der Waals surface area contributed by atoms with Crippen molar-refractivity contribution in [3.63, 3.8) is 0 Å². The summed E-state index contributed by atoms with van der Waals surface area (Å²) in [5.74, 6) is 0.749. The molecule has 3 heteroatoms. The van der Waals surface area contributed by atoms with E-state index in [1.807, 2.05) is 72.8 Å². The molecular weight excluding hydrogens is 316 g/mol. The molecule has 0 fully saturated rings. The first kappa shape index (κ1) is 14.9. The second kappa shape index (κ2) is 6.42. The van der Waals surface area contributed by atoms with E-state index in [0.717, 1.165) is 28.2 Å². The molecule has 0 aliphatic carbocycles. The van der Waals surface area contributed by atoms with Gasteiger partial charge in [0.05, 0.1) is 5.71 Å². The molecule has 4 rings (SSSR count). The van der Waals surface area contributed by atoms with Gasteiger partial charge in [0, 0.05) is 16.1 Å². The fourth-order valence-electron chi connectivity index (χ4n) is 2.86. The molecule has 1 atom stereocenters. The van der Waals surface area contributed by atoms with E-state index in [1.165, 1.54) is 0 Å². The van der Waals surface area contributed by atoms with E-state index in [1.54, 1.807) is 0 Å². The van der Waals surface area contributed by atoms with Crippen LogP contribution >= 0.6 is 11.6 Å². The highest BCUT2D eigenvalue weighted by molar-refractivity contribution is 6.35. The second-order valence-corrected chi connectivity index (χ2v) is 6.02. The van der Waals surface area contributed by atoms with Crippen molar-refractivity contribution in [2.45, 2.75) is 6.04 Å². The normalized spacial score (nSPS) is 16.6. The monoisotopic (exact) mass is 330 g/mol. The molecule has 2 nitrogen and oxygen atoms in total. The molecule has 3 aromatic carbocycles. The molecule has 0 N–H and O–H groups in total. The molecular formula is C21H15ClN2. The van der Waals surface area contributed by atoms with Crippen LogP contribution in [0.5, 0.6) is 0 Å². The number of aliphatic imine (C=N–C) groups is 2. The van der Waals surface area contributed by atoms with Gasteiger partial charge >= 0.3 is 0 Å². The minimum absolute atomic E-state index is 0.138. The fourth-order valence-corrected chi connectivity index (χ4v) is 3.09. The summed E-state index contributed by atoms with van der Waals surface area (Å²) in [4.78, 5) is 9.71. The molecule has 1 aliphatic rings. The van der Waals surface area contributed by atoms with E-state index in [2.05, 4.69) is 12.1 Å². The van der Waals surface area contributed by atoms with Crippen LogP contribution < -0.4 is 0 Å². The Morgan fingerprint density at radius 3 is 2.04 bits per heavy atom. The van der Waals surface area contributed by atoms with Crippen molar-refractivity contribution in [2.24, 2.45) is 9.98 Å². The van der Waals surface area contributed by atoms with Crippen molar-refractivity contribution >= 4 is 23.1 Å². The Balaban J connectivity index is 1.85. The third-order valence-corrected chi connectivity index (χ3v) is 4.36. The third-order valence-electron chi connectivity index (χ3n) is 4.03. The third kappa shape index (κ3) is 2.77. The minimum Gasteiger partial charge on any atom is -0.251 e. The van der Waals surface area contributed by atoms with Gasteiger partial charge in [-0.2, -0.15) is 0 Å². The van der Waals surface area contributed by atoms with Crippen molar-refractivity contribution in [1.29, 1.82) is 0 Å². The SMILES string of the molecule is Clc1ccccc1C1=NC(c2ccccc2)=NC1c1ccccc1. The van der Waals surface area contributed by atoms with Crippen molar-refractivity contribution in [1.82, 2.24) is 0 Å². The van der Waals surface area contributed by atoms with E-state index in [0.29, 0.717) is 5.02 Å². The Morgan fingerprint density at radius 1 is 0.708 bits per heavy atom. The zero-order valence-electron chi connectivity index (χ0n) is 12.9. The van der Waals surface area contributed by atoms with Crippen molar-refractivity contribution in [2.75, 3.05) is 0 Å². The molecule has 0 spiro atoms. The predicted molar refractivity (Wildman–Crippen MR) is 100 cm³/mol. The van der Waals surface area contributed by atoms with Crippen molar-refractivity contribution in [3.05, 3.63) is 107 Å². The molecule has 1 heterocycles. The molecule has 0 saturated carbocycles. The fraction of sp³-hybridized carbons (Fsp3) is 0.0476. The van der Waals surface area contributed by atoms with Gasteiger partial charge in [-0.15, -0.1) is 0 Å². The molecule has 0 amide bonds. The second-order valence-electron chi connectivity index (χ2n) is 5.61. The van der Waals surface area contributed by atoms with Crippen LogP contribution in [0.15, 0.2) is 94.9 Å². The Hall–Kier alpha value is -2.71. The number of rotatable bonds is 3. The van der Waals surface area contributed by atoms with Crippen molar-refractivity contribution < 1.29 is 0 Å². The predicted octanol–water partition coefficient (Wildman–Crippen LogP) is 5.33. The zero-order chi connectivity index (χ0) is 16.4. The van der Waals surface area contributed by atoms with E-state index >= 15 is 0 Å². The molecule has 0 radical (unpaired) electrons. The lowest BCUT2D eigenvalue weighted by atomic mass is 9.97. The standard InChI is InChI=1S/C21H15ClN2/c22-18-14-8-7-13-17(18)20-19(15-9-3-1-4-10-15)23-21(24-20)16-11-5-2-6-12-16/h1-14,19H. The lowest BCUT2D eigenvalue weighted by Gasteiger charge is -2.12. The largest absolute Gasteiger partial charge is 0.251 e. The van der Waals surface area contributed by atoms with Gasteiger partial charge in [-0.05, 0) is 11.6 Å². The molecule has 116 valence electrons. The first-order valence-corrected chi connectivity index (χ1v) is 8.22. The van der Waals surface area contributed by atoms with Gasteiger partial charge in [0.2, 0.25) is 0 Å². The quantitative estimate of drug-likeness (QED) is 0.620. The average Bonchev–Trinajstić information content (AvgIpc) is 3.09. The zero-order valence-corrected chi connectivity index (χ0v) is 13.7. The summed E-state index contributed by atoms with van der Waals surface area (Å²) in [5.41, 5.74) is 3.95. The number of nitrogens with zero attached hydrogens (tertiary/aromatic N) is 2. The Bertz CT molecular complexity index is 915. The van der Waals surface area contributed by atoms with Gasteiger partial charge in [-0.1, -0.05) is 90.5 Å². The lowest BCUT2D eigenvalue weighted by Crippen LogP contribution is -2.09. The van der Waals surface area contributed by atoms with Gasteiger partial charge < -0.3 is 0 Å². The maximum absolute atomic E-state index is 6.42. The first-order chi connectivity index (χ1) is 11.8. The molecule has 3 aromatic rings. The van der Waals surface area contributed by atoms with Crippen LogP contribution in [-0.2, 0) is 0 Å². The van der Waals surface area contributed by atoms with Crippen LogP contribution in [0.2, 0.25) is 5.02 Å². The van der Waals surface area contributed by atoms with Crippen LogP contribution in [0.3, 0.4) is 0 Å². The number of hydrogen-bond donors (Lipinski definition) is 0. The van der Waals surface area contributed by atoms with E-state index in [-0.39, 0.29) is 6.04 Å². The van der Waals surface area contributed by atoms with E-state index in [4.69, 9.17) is 21.6 Å². The van der Waals surface area contributed by atoms with Crippen LogP contribution in [-0.4, -0.2) is 11.5 Å². The van der Waals surface area contributed by atoms with Crippen LogP contribution in [0.25, 0.3) is 0 Å². The Kier molecular flexibility index (Phi) is 3.97. The van der Waals surface area contributed by atoms with Gasteiger partial charge in [0.15, 0.2) is 5.84 Å². The molecule has 1 unspecified atom stereocenters. The Morgan fingerprint density at radius 2 is 1.33 bits per heavy atom. The molecule has 1 aliphatic heterocycles. The molecule has 24 heavy (non-hydrogen) atoms. The maximum atomic E-state index is 6.42. The summed E-state index contributed by atoms with van der Waals surface area (Å²) >= 11 is 6.42. The highest BCUT2D eigenvalue weighted by Crippen LogP contribution is 2.32. The number of benzene rings is 3. The van der Waals surface area contributed by atoms with Crippen LogP contribution in [0, 0.1) is 0 Å². The summed E-state index contributed by atoms with van der Waals surface area (Å²) in [6.45, 7) is 0. The summed E-state index contributed by atoms with van der Waals surface area (Å²) in [6, 6.07) is 27.9. The highest BCUT2D eigenvalue weighted by Gasteiger charge is 2.27. The lowest BCUT2D eigenvalue weighted by molar-refractivity contribution is 0.986. The van der Waals surface area contributed by atoms with Crippen LogP contribution in [0.4, 0.5) is 0 Å². The minimum atomic E-state index is -0.138. The Labute approximate surface area is 146 Å². The van der Waals surface area contributed by atoms with Gasteiger partial charge in [-0.25, -0.2) is 4.99 Å². The summed E-state index contributed by atoms with van der Waals surface area (Å²) in [7, 11) is 0. The first-order valence-electron chi connectivity index (χ1n) is 7.84. The highest BCUT2D eigenvalue weighted by atomic mass is 35.5. The summed E-state index contributed by atoms with van der Waals surface area (Å²) in [6.07, 6.45) is 0. The van der Waals surface area contributed by atoms with E-state index < -0.39 is 0 Å². The van der Waals surface area contributed by atoms with Gasteiger partial charge in [0.25, 0.3) is 0 Å². The topological polar surface area (TPSA) is 24.7 Å².